The molecule has 0 saturated heterocycles. The smallest absolute Gasteiger partial charge is 0.251 e. The Morgan fingerprint density at radius 3 is 2.67 bits per heavy atom. The van der Waals surface area contributed by atoms with Crippen LogP contribution in [-0.4, -0.2) is 23.7 Å². The average molecular weight is 291 g/mol. The van der Waals surface area contributed by atoms with Crippen molar-refractivity contribution < 1.29 is 14.3 Å². The molecule has 0 aliphatic rings. The van der Waals surface area contributed by atoms with E-state index in [4.69, 9.17) is 5.11 Å². The van der Waals surface area contributed by atoms with Crippen LogP contribution in [0.1, 0.15) is 49.5 Å². The number of nitrogens with one attached hydrogen (secondary N) is 1. The van der Waals surface area contributed by atoms with Crippen molar-refractivity contribution in [3.05, 3.63) is 35.1 Å². The van der Waals surface area contributed by atoms with Crippen LogP contribution in [0.5, 0.6) is 0 Å². The van der Waals surface area contributed by atoms with E-state index in [1.165, 1.54) is 12.1 Å². The van der Waals surface area contributed by atoms with Crippen molar-refractivity contribution in [2.24, 2.45) is 5.92 Å². The topological polar surface area (TPSA) is 49.3 Å². The Balaban J connectivity index is 2.75. The standard InChI is InChI=1S/C17H22FNO2/c1-12(2)10-13(3)19-17(21)15-8-7-14(16(18)11-15)6-4-5-9-20/h7-8,11-13,20H,5,9-10H2,1-3H3,(H,19,21). The van der Waals surface area contributed by atoms with Crippen molar-refractivity contribution in [3.63, 3.8) is 0 Å². The van der Waals surface area contributed by atoms with Crippen molar-refractivity contribution in [2.45, 2.75) is 39.7 Å². The van der Waals surface area contributed by atoms with Crippen LogP contribution in [0.4, 0.5) is 4.39 Å². The molecule has 0 bridgehead atoms. The van der Waals surface area contributed by atoms with E-state index in [-0.39, 0.29) is 29.7 Å². The van der Waals surface area contributed by atoms with E-state index in [2.05, 4.69) is 31.0 Å². The molecule has 1 amide bonds. The molecule has 0 heterocycles. The molecule has 2 N–H and O–H groups in total. The average Bonchev–Trinajstić information content (AvgIpc) is 2.39. The minimum atomic E-state index is -0.524. The molecule has 0 saturated carbocycles. The fourth-order valence-corrected chi connectivity index (χ4v) is 2.04. The summed E-state index contributed by atoms with van der Waals surface area (Å²) < 4.78 is 13.8. The quantitative estimate of drug-likeness (QED) is 0.820. The zero-order chi connectivity index (χ0) is 15.8. The highest BCUT2D eigenvalue weighted by Crippen LogP contribution is 2.11. The largest absolute Gasteiger partial charge is 0.395 e. The molecule has 1 aromatic carbocycles. The molecule has 1 atom stereocenters. The maximum Gasteiger partial charge on any atom is 0.251 e. The molecule has 0 spiro atoms. The minimum absolute atomic E-state index is 0.0459. The van der Waals surface area contributed by atoms with E-state index in [1.54, 1.807) is 6.07 Å². The van der Waals surface area contributed by atoms with Crippen molar-refractivity contribution in [3.8, 4) is 11.8 Å². The second kappa shape index (κ2) is 8.43. The number of benzene rings is 1. The summed E-state index contributed by atoms with van der Waals surface area (Å²) in [4.78, 5) is 12.0. The summed E-state index contributed by atoms with van der Waals surface area (Å²) in [5, 5.41) is 11.5. The molecule has 21 heavy (non-hydrogen) atoms. The van der Waals surface area contributed by atoms with Gasteiger partial charge in [-0.1, -0.05) is 25.7 Å². The van der Waals surface area contributed by atoms with Gasteiger partial charge in [-0.15, -0.1) is 0 Å². The van der Waals surface area contributed by atoms with Crippen LogP contribution in [0.25, 0.3) is 0 Å². The van der Waals surface area contributed by atoms with Gasteiger partial charge in [0.15, 0.2) is 0 Å². The van der Waals surface area contributed by atoms with Crippen molar-refractivity contribution >= 4 is 5.91 Å². The third-order valence-electron chi connectivity index (χ3n) is 2.89. The van der Waals surface area contributed by atoms with Gasteiger partial charge in [-0.2, -0.15) is 0 Å². The molecule has 1 rings (SSSR count). The Morgan fingerprint density at radius 1 is 1.38 bits per heavy atom. The second-order valence-electron chi connectivity index (χ2n) is 5.47. The lowest BCUT2D eigenvalue weighted by Crippen LogP contribution is -2.33. The summed E-state index contributed by atoms with van der Waals surface area (Å²) in [6, 6.07) is 4.29. The van der Waals surface area contributed by atoms with Crippen LogP contribution >= 0.6 is 0 Å². The number of rotatable bonds is 5. The highest BCUT2D eigenvalue weighted by atomic mass is 19.1. The molecule has 114 valence electrons. The third-order valence-corrected chi connectivity index (χ3v) is 2.89. The molecule has 0 fully saturated rings. The van der Waals surface area contributed by atoms with Gasteiger partial charge in [0.1, 0.15) is 5.82 Å². The number of halogens is 1. The maximum absolute atomic E-state index is 13.8. The second-order valence-corrected chi connectivity index (χ2v) is 5.47. The summed E-state index contributed by atoms with van der Waals surface area (Å²) in [6.07, 6.45) is 1.17. The number of hydrogen-bond acceptors (Lipinski definition) is 2. The molecule has 3 nitrogen and oxygen atoms in total. The fraction of sp³-hybridized carbons (Fsp3) is 0.471. The maximum atomic E-state index is 13.8. The molecule has 1 aromatic rings. The minimum Gasteiger partial charge on any atom is -0.395 e. The number of aliphatic hydroxyl groups is 1. The van der Waals surface area contributed by atoms with Gasteiger partial charge in [0.25, 0.3) is 5.91 Å². The normalized spacial score (nSPS) is 11.7. The molecule has 0 aliphatic carbocycles. The van der Waals surface area contributed by atoms with E-state index in [9.17, 15) is 9.18 Å². The zero-order valence-electron chi connectivity index (χ0n) is 12.7. The van der Waals surface area contributed by atoms with E-state index in [1.807, 2.05) is 6.92 Å². The summed E-state index contributed by atoms with van der Waals surface area (Å²) >= 11 is 0. The van der Waals surface area contributed by atoms with Gasteiger partial charge in [0.2, 0.25) is 0 Å². The first-order valence-electron chi connectivity index (χ1n) is 7.14. The Labute approximate surface area is 125 Å². The van der Waals surface area contributed by atoms with Crippen LogP contribution in [0.15, 0.2) is 18.2 Å². The van der Waals surface area contributed by atoms with Crippen molar-refractivity contribution in [1.29, 1.82) is 0 Å². The van der Waals surface area contributed by atoms with Gasteiger partial charge in [0.05, 0.1) is 12.2 Å². The van der Waals surface area contributed by atoms with Crippen LogP contribution in [0.3, 0.4) is 0 Å². The van der Waals surface area contributed by atoms with Crippen LogP contribution in [0.2, 0.25) is 0 Å². The monoisotopic (exact) mass is 291 g/mol. The highest BCUT2D eigenvalue weighted by Gasteiger charge is 2.12. The predicted octanol–water partition coefficient (Wildman–Crippen LogP) is 2.72. The lowest BCUT2D eigenvalue weighted by molar-refractivity contribution is 0.0935. The van der Waals surface area contributed by atoms with Crippen LogP contribution < -0.4 is 5.32 Å². The molecule has 0 radical (unpaired) electrons. The van der Waals surface area contributed by atoms with Gasteiger partial charge in [-0.05, 0) is 37.5 Å². The summed E-state index contributed by atoms with van der Waals surface area (Å²) in [5.41, 5.74) is 0.519. The SMILES string of the molecule is CC(C)CC(C)NC(=O)c1ccc(C#CCCO)c(F)c1. The molecule has 0 aromatic heterocycles. The number of hydrogen-bond donors (Lipinski definition) is 2. The fourth-order valence-electron chi connectivity index (χ4n) is 2.04. The van der Waals surface area contributed by atoms with Gasteiger partial charge in [-0.25, -0.2) is 4.39 Å². The molecular formula is C17H22FNO2. The Morgan fingerprint density at radius 2 is 2.10 bits per heavy atom. The Bertz CT molecular complexity index is 543. The number of aliphatic hydroxyl groups excluding tert-OH is 1. The van der Waals surface area contributed by atoms with Gasteiger partial charge in [0, 0.05) is 18.0 Å². The first-order chi connectivity index (χ1) is 9.93. The van der Waals surface area contributed by atoms with E-state index >= 15 is 0 Å². The predicted molar refractivity (Wildman–Crippen MR) is 81.4 cm³/mol. The van der Waals surface area contributed by atoms with Crippen LogP contribution in [-0.2, 0) is 0 Å². The van der Waals surface area contributed by atoms with Crippen LogP contribution in [0, 0.1) is 23.6 Å². The summed E-state index contributed by atoms with van der Waals surface area (Å²) in [6.45, 7) is 6.05. The number of carbonyl (C=O) groups excluding carboxylic acids is 1. The molecular weight excluding hydrogens is 269 g/mol. The lowest BCUT2D eigenvalue weighted by atomic mass is 10.0. The lowest BCUT2D eigenvalue weighted by Gasteiger charge is -2.16. The van der Waals surface area contributed by atoms with Crippen molar-refractivity contribution in [1.82, 2.24) is 5.32 Å². The van der Waals surface area contributed by atoms with Crippen molar-refractivity contribution in [2.75, 3.05) is 6.61 Å². The number of amides is 1. The molecule has 1 unspecified atom stereocenters. The van der Waals surface area contributed by atoms with E-state index in [0.717, 1.165) is 6.42 Å². The summed E-state index contributed by atoms with van der Waals surface area (Å²) in [7, 11) is 0. The highest BCUT2D eigenvalue weighted by molar-refractivity contribution is 5.94. The van der Waals surface area contributed by atoms with Gasteiger partial charge < -0.3 is 10.4 Å². The first kappa shape index (κ1) is 17.2. The van der Waals surface area contributed by atoms with E-state index < -0.39 is 5.82 Å². The summed E-state index contributed by atoms with van der Waals surface area (Å²) in [5.74, 6) is 4.97. The van der Waals surface area contributed by atoms with E-state index in [0.29, 0.717) is 12.3 Å². The number of carbonyl (C=O) groups is 1. The Kier molecular flexibility index (Phi) is 6.90. The third kappa shape index (κ3) is 5.97. The Hall–Kier alpha value is -1.86. The molecule has 0 aliphatic heterocycles. The van der Waals surface area contributed by atoms with Gasteiger partial charge in [-0.3, -0.25) is 4.79 Å². The zero-order valence-corrected chi connectivity index (χ0v) is 12.7. The first-order valence-corrected chi connectivity index (χ1v) is 7.14. The molecule has 4 heteroatoms. The van der Waals surface area contributed by atoms with Gasteiger partial charge >= 0.3 is 0 Å².